The largest absolute Gasteiger partial charge is 0.356 e. The van der Waals surface area contributed by atoms with Crippen molar-refractivity contribution in [3.05, 3.63) is 45.6 Å². The molecule has 0 saturated heterocycles. The van der Waals surface area contributed by atoms with Crippen molar-refractivity contribution < 1.29 is 4.79 Å². The van der Waals surface area contributed by atoms with Crippen LogP contribution in [0.25, 0.3) is 0 Å². The Labute approximate surface area is 194 Å². The minimum atomic E-state index is -0.664. The Morgan fingerprint density at radius 2 is 1.55 bits per heavy atom. The van der Waals surface area contributed by atoms with Crippen molar-refractivity contribution in [3.8, 4) is 0 Å². The van der Waals surface area contributed by atoms with Gasteiger partial charge in [-0.3, -0.25) is 4.79 Å². The van der Waals surface area contributed by atoms with Gasteiger partial charge in [-0.15, -0.1) is 11.3 Å². The van der Waals surface area contributed by atoms with Crippen molar-refractivity contribution in [2.45, 2.75) is 75.9 Å². The number of fused-ring (bicyclic) bond motifs is 1. The fraction of sp³-hybridized carbons (Fsp3) is 0.560. The van der Waals surface area contributed by atoms with Crippen molar-refractivity contribution >= 4 is 40.2 Å². The SMILES string of the molecule is O=C(NC1CCCCC1)[C@@H](C1CCCCC1)C1(c2ccc(Cl)s2)Nc2ccccc2N1. The third-order valence-corrected chi connectivity index (χ3v) is 8.74. The summed E-state index contributed by atoms with van der Waals surface area (Å²) in [5.41, 5.74) is 1.44. The standard InChI is InChI=1S/C25H32ClN3OS/c26-22-16-15-21(31-22)25(28-19-13-7-8-14-20(19)29-25)23(17-9-3-1-4-10-17)24(30)27-18-11-5-2-6-12-18/h7-8,13-18,23,28-29H,1-6,9-12H2,(H,27,30)/t23-/m1/s1. The van der Waals surface area contributed by atoms with Crippen molar-refractivity contribution in [2.24, 2.45) is 11.8 Å². The molecule has 2 aromatic rings. The molecule has 166 valence electrons. The molecule has 0 unspecified atom stereocenters. The number of hydrogen-bond acceptors (Lipinski definition) is 4. The number of carbonyl (C=O) groups is 1. The van der Waals surface area contributed by atoms with Gasteiger partial charge in [0.25, 0.3) is 0 Å². The fourth-order valence-corrected chi connectivity index (χ4v) is 7.07. The Bertz CT molecular complexity index is 892. The predicted octanol–water partition coefficient (Wildman–Crippen LogP) is 6.74. The molecule has 4 nitrogen and oxygen atoms in total. The lowest BCUT2D eigenvalue weighted by Crippen LogP contribution is -2.56. The van der Waals surface area contributed by atoms with Crippen LogP contribution in [0.3, 0.4) is 0 Å². The number of nitrogens with one attached hydrogen (secondary N) is 3. The van der Waals surface area contributed by atoms with Gasteiger partial charge in [0, 0.05) is 6.04 Å². The Hall–Kier alpha value is -1.72. The number of anilines is 2. The second kappa shape index (κ2) is 9.03. The zero-order valence-corrected chi connectivity index (χ0v) is 19.5. The highest BCUT2D eigenvalue weighted by Crippen LogP contribution is 2.50. The summed E-state index contributed by atoms with van der Waals surface area (Å²) < 4.78 is 0.754. The molecule has 2 aliphatic carbocycles. The number of para-hydroxylation sites is 2. The van der Waals surface area contributed by atoms with Crippen molar-refractivity contribution in [1.82, 2.24) is 5.32 Å². The fourth-order valence-electron chi connectivity index (χ4n) is 5.89. The van der Waals surface area contributed by atoms with E-state index in [-0.39, 0.29) is 11.8 Å². The van der Waals surface area contributed by atoms with Gasteiger partial charge in [0.2, 0.25) is 5.91 Å². The number of hydrogen-bond donors (Lipinski definition) is 3. The molecule has 3 aliphatic rings. The van der Waals surface area contributed by atoms with E-state index in [0.717, 1.165) is 46.3 Å². The average Bonchev–Trinajstić information content (AvgIpc) is 3.40. The van der Waals surface area contributed by atoms with Crippen LogP contribution in [-0.4, -0.2) is 11.9 Å². The summed E-state index contributed by atoms with van der Waals surface area (Å²) in [5, 5.41) is 11.0. The highest BCUT2D eigenvalue weighted by atomic mass is 35.5. The van der Waals surface area contributed by atoms with Gasteiger partial charge in [0.15, 0.2) is 5.66 Å². The summed E-state index contributed by atoms with van der Waals surface area (Å²) in [6.45, 7) is 0. The van der Waals surface area contributed by atoms with Crippen molar-refractivity contribution in [3.63, 3.8) is 0 Å². The van der Waals surface area contributed by atoms with E-state index in [1.54, 1.807) is 11.3 Å². The highest BCUT2D eigenvalue weighted by molar-refractivity contribution is 7.16. The van der Waals surface area contributed by atoms with Crippen LogP contribution in [0.4, 0.5) is 11.4 Å². The average molecular weight is 458 g/mol. The minimum absolute atomic E-state index is 0.191. The van der Waals surface area contributed by atoms with E-state index < -0.39 is 5.66 Å². The van der Waals surface area contributed by atoms with E-state index in [2.05, 4.69) is 34.1 Å². The van der Waals surface area contributed by atoms with Crippen molar-refractivity contribution in [1.29, 1.82) is 0 Å². The van der Waals surface area contributed by atoms with Gasteiger partial charge in [-0.2, -0.15) is 0 Å². The quantitative estimate of drug-likeness (QED) is 0.466. The molecule has 5 rings (SSSR count). The Morgan fingerprint density at radius 3 is 2.13 bits per heavy atom. The van der Waals surface area contributed by atoms with Crippen LogP contribution in [0.15, 0.2) is 36.4 Å². The monoisotopic (exact) mass is 457 g/mol. The highest BCUT2D eigenvalue weighted by Gasteiger charge is 2.52. The first-order valence-electron chi connectivity index (χ1n) is 11.9. The van der Waals surface area contributed by atoms with E-state index in [4.69, 9.17) is 11.6 Å². The topological polar surface area (TPSA) is 53.2 Å². The Balaban J connectivity index is 1.54. The second-order valence-corrected chi connectivity index (χ2v) is 11.1. The summed E-state index contributed by atoms with van der Waals surface area (Å²) in [5.74, 6) is 0.334. The van der Waals surface area contributed by atoms with Crippen LogP contribution in [0, 0.1) is 11.8 Å². The van der Waals surface area contributed by atoms with E-state index in [0.29, 0.717) is 12.0 Å². The van der Waals surface area contributed by atoms with Gasteiger partial charge in [-0.1, -0.05) is 62.3 Å². The third kappa shape index (κ3) is 4.19. The molecule has 2 saturated carbocycles. The third-order valence-electron chi connectivity index (χ3n) is 7.37. The zero-order valence-electron chi connectivity index (χ0n) is 18.0. The molecule has 1 aliphatic heterocycles. The van der Waals surface area contributed by atoms with E-state index in [1.807, 2.05) is 18.2 Å². The van der Waals surface area contributed by atoms with Gasteiger partial charge >= 0.3 is 0 Å². The van der Waals surface area contributed by atoms with E-state index >= 15 is 0 Å². The van der Waals surface area contributed by atoms with Crippen LogP contribution in [0.1, 0.15) is 69.1 Å². The number of rotatable bonds is 5. The number of carbonyl (C=O) groups excluding carboxylic acids is 1. The minimum Gasteiger partial charge on any atom is -0.356 e. The first-order chi connectivity index (χ1) is 15.2. The predicted molar refractivity (Wildman–Crippen MR) is 130 cm³/mol. The van der Waals surface area contributed by atoms with Gasteiger partial charge in [0.1, 0.15) is 0 Å². The lowest BCUT2D eigenvalue weighted by molar-refractivity contribution is -0.130. The summed E-state index contributed by atoms with van der Waals surface area (Å²) in [4.78, 5) is 15.1. The molecule has 1 aromatic carbocycles. The first-order valence-corrected chi connectivity index (χ1v) is 13.1. The molecule has 1 atom stereocenters. The van der Waals surface area contributed by atoms with Crippen LogP contribution in [0.2, 0.25) is 4.34 Å². The smallest absolute Gasteiger partial charge is 0.228 e. The number of halogens is 1. The normalized spacial score (nSPS) is 22.2. The second-order valence-electron chi connectivity index (χ2n) is 9.43. The number of amides is 1. The molecule has 3 N–H and O–H groups in total. The molecule has 0 spiro atoms. The molecule has 0 radical (unpaired) electrons. The molecule has 6 heteroatoms. The van der Waals surface area contributed by atoms with E-state index in [1.165, 1.54) is 38.5 Å². The summed E-state index contributed by atoms with van der Waals surface area (Å²) in [6, 6.07) is 12.6. The lowest BCUT2D eigenvalue weighted by atomic mass is 9.72. The van der Waals surface area contributed by atoms with Crippen LogP contribution in [-0.2, 0) is 10.5 Å². The maximum absolute atomic E-state index is 14.0. The molecule has 1 amide bonds. The van der Waals surface area contributed by atoms with Crippen LogP contribution in [0.5, 0.6) is 0 Å². The summed E-state index contributed by atoms with van der Waals surface area (Å²) in [6.07, 6.45) is 11.8. The van der Waals surface area contributed by atoms with Gasteiger partial charge in [0.05, 0.1) is 26.5 Å². The molecule has 2 heterocycles. The molecule has 0 bridgehead atoms. The maximum atomic E-state index is 14.0. The first kappa shape index (κ1) is 21.1. The maximum Gasteiger partial charge on any atom is 0.228 e. The Kier molecular flexibility index (Phi) is 6.16. The molecule has 31 heavy (non-hydrogen) atoms. The van der Waals surface area contributed by atoms with Gasteiger partial charge in [-0.25, -0.2) is 0 Å². The molecule has 2 fully saturated rings. The number of benzene rings is 1. The summed E-state index contributed by atoms with van der Waals surface area (Å²) in [7, 11) is 0. The van der Waals surface area contributed by atoms with Crippen molar-refractivity contribution in [2.75, 3.05) is 10.6 Å². The zero-order chi connectivity index (χ0) is 21.3. The lowest BCUT2D eigenvalue weighted by Gasteiger charge is -2.43. The molecular formula is C25H32ClN3OS. The van der Waals surface area contributed by atoms with Crippen LogP contribution >= 0.6 is 22.9 Å². The Morgan fingerprint density at radius 1 is 0.935 bits per heavy atom. The van der Waals surface area contributed by atoms with Gasteiger partial charge in [-0.05, 0) is 55.9 Å². The van der Waals surface area contributed by atoms with Crippen LogP contribution < -0.4 is 16.0 Å². The van der Waals surface area contributed by atoms with E-state index in [9.17, 15) is 4.79 Å². The number of thiophene rings is 1. The molecular weight excluding hydrogens is 426 g/mol. The molecule has 1 aromatic heterocycles. The summed E-state index contributed by atoms with van der Waals surface area (Å²) >= 11 is 7.97. The van der Waals surface area contributed by atoms with Gasteiger partial charge < -0.3 is 16.0 Å².